The molecule has 2 aromatic rings. The second-order valence-electron chi connectivity index (χ2n) is 5.31. The van der Waals surface area contributed by atoms with Crippen LogP contribution in [-0.2, 0) is 5.60 Å². The molecule has 0 bridgehead atoms. The van der Waals surface area contributed by atoms with E-state index in [1.807, 2.05) is 32.0 Å². The zero-order chi connectivity index (χ0) is 14.8. The molecule has 106 valence electrons. The number of aliphatic hydroxyl groups is 1. The third-order valence-electron chi connectivity index (χ3n) is 3.13. The highest BCUT2D eigenvalue weighted by Gasteiger charge is 2.26. The van der Waals surface area contributed by atoms with Crippen molar-refractivity contribution in [3.8, 4) is 0 Å². The zero-order valence-electron chi connectivity index (χ0n) is 11.9. The van der Waals surface area contributed by atoms with Gasteiger partial charge < -0.3 is 14.8 Å². The largest absolute Gasteiger partial charge is 0.466 e. The molecule has 0 spiro atoms. The summed E-state index contributed by atoms with van der Waals surface area (Å²) in [5.74, 6) is 0.224. The number of benzene rings is 1. The predicted molar refractivity (Wildman–Crippen MR) is 76.5 cm³/mol. The molecule has 1 amide bonds. The summed E-state index contributed by atoms with van der Waals surface area (Å²) >= 11 is 0. The van der Waals surface area contributed by atoms with E-state index < -0.39 is 5.60 Å². The minimum Gasteiger partial charge on any atom is -0.466 e. The number of amides is 1. The third-order valence-corrected chi connectivity index (χ3v) is 3.13. The summed E-state index contributed by atoms with van der Waals surface area (Å²) in [4.78, 5) is 12.1. The van der Waals surface area contributed by atoms with Crippen LogP contribution in [0.4, 0.5) is 0 Å². The molecule has 1 unspecified atom stereocenters. The van der Waals surface area contributed by atoms with Gasteiger partial charge in [-0.1, -0.05) is 17.2 Å². The van der Waals surface area contributed by atoms with Crippen LogP contribution in [0.2, 0.25) is 0 Å². The number of rotatable bonds is 4. The SMILES string of the molecule is Cc1cc(C)cc(C(=O)NCC(C)(O)c2ccco2)c1. The number of aryl methyl sites for hydroxylation is 2. The van der Waals surface area contributed by atoms with Crippen molar-refractivity contribution in [3.63, 3.8) is 0 Å². The molecule has 1 aromatic heterocycles. The monoisotopic (exact) mass is 273 g/mol. The van der Waals surface area contributed by atoms with E-state index >= 15 is 0 Å². The maximum atomic E-state index is 12.1. The van der Waals surface area contributed by atoms with E-state index in [2.05, 4.69) is 5.32 Å². The Labute approximate surface area is 118 Å². The average Bonchev–Trinajstić information content (AvgIpc) is 2.89. The molecular formula is C16H19NO3. The lowest BCUT2D eigenvalue weighted by molar-refractivity contribution is 0.0330. The maximum absolute atomic E-state index is 12.1. The van der Waals surface area contributed by atoms with Crippen LogP contribution < -0.4 is 5.32 Å². The predicted octanol–water partition coefficient (Wildman–Crippen LogP) is 2.53. The van der Waals surface area contributed by atoms with E-state index in [1.165, 1.54) is 6.26 Å². The van der Waals surface area contributed by atoms with Gasteiger partial charge in [-0.25, -0.2) is 0 Å². The number of carbonyl (C=O) groups excluding carboxylic acids is 1. The molecule has 0 saturated heterocycles. The fourth-order valence-electron chi connectivity index (χ4n) is 2.13. The number of furan rings is 1. The Balaban J connectivity index is 2.05. The lowest BCUT2D eigenvalue weighted by atomic mass is 10.0. The first-order valence-electron chi connectivity index (χ1n) is 6.51. The number of hydrogen-bond acceptors (Lipinski definition) is 3. The van der Waals surface area contributed by atoms with Crippen molar-refractivity contribution in [2.24, 2.45) is 0 Å². The molecule has 1 heterocycles. The summed E-state index contributed by atoms with van der Waals surface area (Å²) in [6, 6.07) is 9.04. The molecule has 2 N–H and O–H groups in total. The molecule has 1 atom stereocenters. The van der Waals surface area contributed by atoms with Crippen LogP contribution in [-0.4, -0.2) is 17.6 Å². The van der Waals surface area contributed by atoms with Crippen LogP contribution in [0.25, 0.3) is 0 Å². The number of nitrogens with one attached hydrogen (secondary N) is 1. The minimum absolute atomic E-state index is 0.0896. The highest BCUT2D eigenvalue weighted by atomic mass is 16.4. The van der Waals surface area contributed by atoms with Gasteiger partial charge in [-0.05, 0) is 45.0 Å². The summed E-state index contributed by atoms with van der Waals surface area (Å²) < 4.78 is 5.17. The van der Waals surface area contributed by atoms with E-state index in [9.17, 15) is 9.90 Å². The van der Waals surface area contributed by atoms with Crippen LogP contribution in [0.1, 0.15) is 34.2 Å². The Kier molecular flexibility index (Phi) is 3.95. The summed E-state index contributed by atoms with van der Waals surface area (Å²) in [6.45, 7) is 5.59. The Morgan fingerprint density at radius 1 is 1.30 bits per heavy atom. The molecule has 0 aliphatic carbocycles. The standard InChI is InChI=1S/C16H19NO3/c1-11-7-12(2)9-13(8-11)15(18)17-10-16(3,19)14-5-4-6-20-14/h4-9,19H,10H2,1-3H3,(H,17,18). The smallest absolute Gasteiger partial charge is 0.251 e. The molecule has 1 aromatic carbocycles. The van der Waals surface area contributed by atoms with Crippen molar-refractivity contribution in [2.75, 3.05) is 6.54 Å². The first kappa shape index (κ1) is 14.3. The zero-order valence-corrected chi connectivity index (χ0v) is 11.9. The highest BCUT2D eigenvalue weighted by Crippen LogP contribution is 2.20. The van der Waals surface area contributed by atoms with Crippen molar-refractivity contribution in [2.45, 2.75) is 26.4 Å². The van der Waals surface area contributed by atoms with Gasteiger partial charge in [0.1, 0.15) is 11.4 Å². The van der Waals surface area contributed by atoms with Crippen LogP contribution in [0.15, 0.2) is 41.0 Å². The van der Waals surface area contributed by atoms with E-state index in [4.69, 9.17) is 4.42 Å². The second kappa shape index (κ2) is 5.51. The Bertz CT molecular complexity index is 580. The Morgan fingerprint density at radius 2 is 1.95 bits per heavy atom. The van der Waals surface area contributed by atoms with Crippen molar-refractivity contribution in [1.29, 1.82) is 0 Å². The van der Waals surface area contributed by atoms with Crippen LogP contribution in [0.5, 0.6) is 0 Å². The fourth-order valence-corrected chi connectivity index (χ4v) is 2.13. The fraction of sp³-hybridized carbons (Fsp3) is 0.312. The first-order chi connectivity index (χ1) is 9.38. The van der Waals surface area contributed by atoms with Crippen LogP contribution >= 0.6 is 0 Å². The molecule has 4 heteroatoms. The molecule has 0 fully saturated rings. The van der Waals surface area contributed by atoms with E-state index in [1.54, 1.807) is 19.1 Å². The Hall–Kier alpha value is -2.07. The lowest BCUT2D eigenvalue weighted by Gasteiger charge is -2.21. The third kappa shape index (κ3) is 3.27. The molecule has 20 heavy (non-hydrogen) atoms. The van der Waals surface area contributed by atoms with Gasteiger partial charge in [0.05, 0.1) is 12.8 Å². The summed E-state index contributed by atoms with van der Waals surface area (Å²) in [5.41, 5.74) is 1.44. The summed E-state index contributed by atoms with van der Waals surface area (Å²) in [5, 5.41) is 13.0. The van der Waals surface area contributed by atoms with Gasteiger partial charge in [-0.2, -0.15) is 0 Å². The highest BCUT2D eigenvalue weighted by molar-refractivity contribution is 5.94. The van der Waals surface area contributed by atoms with E-state index in [0.717, 1.165) is 11.1 Å². The molecule has 0 aliphatic heterocycles. The van der Waals surface area contributed by atoms with Crippen LogP contribution in [0.3, 0.4) is 0 Å². The second-order valence-corrected chi connectivity index (χ2v) is 5.31. The van der Waals surface area contributed by atoms with Crippen molar-refractivity contribution in [3.05, 3.63) is 59.0 Å². The van der Waals surface area contributed by atoms with Crippen molar-refractivity contribution >= 4 is 5.91 Å². The summed E-state index contributed by atoms with van der Waals surface area (Å²) in [6.07, 6.45) is 1.50. The van der Waals surface area contributed by atoms with E-state index in [0.29, 0.717) is 11.3 Å². The summed E-state index contributed by atoms with van der Waals surface area (Å²) in [7, 11) is 0. The topological polar surface area (TPSA) is 62.5 Å². The van der Waals surface area contributed by atoms with Gasteiger partial charge in [-0.15, -0.1) is 0 Å². The normalized spacial score (nSPS) is 13.8. The molecule has 0 aliphatic rings. The van der Waals surface area contributed by atoms with Gasteiger partial charge >= 0.3 is 0 Å². The number of carbonyl (C=O) groups is 1. The minimum atomic E-state index is -1.22. The van der Waals surface area contributed by atoms with Crippen LogP contribution in [0, 0.1) is 13.8 Å². The van der Waals surface area contributed by atoms with E-state index in [-0.39, 0.29) is 12.5 Å². The van der Waals surface area contributed by atoms with Gasteiger partial charge in [0, 0.05) is 5.56 Å². The molecule has 0 saturated carbocycles. The lowest BCUT2D eigenvalue weighted by Crippen LogP contribution is -2.38. The first-order valence-corrected chi connectivity index (χ1v) is 6.51. The van der Waals surface area contributed by atoms with Gasteiger partial charge in [0.15, 0.2) is 0 Å². The van der Waals surface area contributed by atoms with Crippen molar-refractivity contribution in [1.82, 2.24) is 5.32 Å². The van der Waals surface area contributed by atoms with Gasteiger partial charge in [0.2, 0.25) is 0 Å². The maximum Gasteiger partial charge on any atom is 0.251 e. The molecule has 2 rings (SSSR count). The molecular weight excluding hydrogens is 254 g/mol. The number of hydrogen-bond donors (Lipinski definition) is 2. The quantitative estimate of drug-likeness (QED) is 0.899. The average molecular weight is 273 g/mol. The van der Waals surface area contributed by atoms with Crippen molar-refractivity contribution < 1.29 is 14.3 Å². The van der Waals surface area contributed by atoms with Gasteiger partial charge in [-0.3, -0.25) is 4.79 Å². The molecule has 0 radical (unpaired) electrons. The molecule has 4 nitrogen and oxygen atoms in total. The van der Waals surface area contributed by atoms with Gasteiger partial charge in [0.25, 0.3) is 5.91 Å². The Morgan fingerprint density at radius 3 is 2.50 bits per heavy atom.